The molecule has 78 valence electrons. The number of nitrogens with zero attached hydrogens (tertiary/aromatic N) is 2. The van der Waals surface area contributed by atoms with E-state index in [1.54, 1.807) is 7.11 Å². The van der Waals surface area contributed by atoms with Crippen molar-refractivity contribution < 1.29 is 9.53 Å². The zero-order valence-corrected chi connectivity index (χ0v) is 8.73. The Kier molecular flexibility index (Phi) is 2.41. The first-order chi connectivity index (χ1) is 7.26. The minimum atomic E-state index is 0.329. The van der Waals surface area contributed by atoms with Gasteiger partial charge in [0.2, 0.25) is 0 Å². The predicted octanol–water partition coefficient (Wildman–Crippen LogP) is 1.55. The molecule has 0 amide bonds. The molecule has 0 bridgehead atoms. The standard InChI is InChI=1S/C11H12N2O2/c1-8-12-10-4-3-9(15-2)7-11(10)13(8)5-6-14/h3-4,6-7H,5H2,1-2H3. The Morgan fingerprint density at radius 1 is 1.53 bits per heavy atom. The molecule has 0 radical (unpaired) electrons. The molecule has 0 N–H and O–H groups in total. The molecular formula is C11H12N2O2. The summed E-state index contributed by atoms with van der Waals surface area (Å²) in [6.45, 7) is 2.21. The van der Waals surface area contributed by atoms with Crippen LogP contribution in [0.4, 0.5) is 0 Å². The summed E-state index contributed by atoms with van der Waals surface area (Å²) in [5.74, 6) is 1.61. The largest absolute Gasteiger partial charge is 0.497 e. The molecule has 2 rings (SSSR count). The van der Waals surface area contributed by atoms with Gasteiger partial charge in [0.1, 0.15) is 17.9 Å². The fourth-order valence-electron chi connectivity index (χ4n) is 1.65. The van der Waals surface area contributed by atoms with Gasteiger partial charge in [-0.2, -0.15) is 0 Å². The van der Waals surface area contributed by atoms with Gasteiger partial charge in [-0.05, 0) is 19.1 Å². The molecule has 0 aliphatic carbocycles. The molecule has 0 aliphatic heterocycles. The van der Waals surface area contributed by atoms with Crippen LogP contribution in [0.15, 0.2) is 18.2 Å². The van der Waals surface area contributed by atoms with E-state index in [1.807, 2.05) is 29.7 Å². The molecule has 4 heteroatoms. The summed E-state index contributed by atoms with van der Waals surface area (Å²) in [5.41, 5.74) is 1.81. The van der Waals surface area contributed by atoms with Gasteiger partial charge in [0.05, 0.1) is 24.7 Å². The van der Waals surface area contributed by atoms with Crippen LogP contribution in [-0.2, 0) is 11.3 Å². The third-order valence-electron chi connectivity index (χ3n) is 2.40. The number of fused-ring (bicyclic) bond motifs is 1. The zero-order chi connectivity index (χ0) is 10.8. The van der Waals surface area contributed by atoms with Crippen LogP contribution >= 0.6 is 0 Å². The summed E-state index contributed by atoms with van der Waals surface area (Å²) in [7, 11) is 1.62. The monoisotopic (exact) mass is 204 g/mol. The lowest BCUT2D eigenvalue weighted by molar-refractivity contribution is -0.108. The van der Waals surface area contributed by atoms with Gasteiger partial charge in [-0.3, -0.25) is 0 Å². The van der Waals surface area contributed by atoms with Crippen molar-refractivity contribution in [3.05, 3.63) is 24.0 Å². The number of imidazole rings is 1. The van der Waals surface area contributed by atoms with Gasteiger partial charge >= 0.3 is 0 Å². The van der Waals surface area contributed by atoms with Crippen LogP contribution in [0.5, 0.6) is 5.75 Å². The third-order valence-corrected chi connectivity index (χ3v) is 2.40. The second kappa shape index (κ2) is 3.73. The van der Waals surface area contributed by atoms with Gasteiger partial charge in [0.15, 0.2) is 0 Å². The van der Waals surface area contributed by atoms with Gasteiger partial charge < -0.3 is 14.1 Å². The van der Waals surface area contributed by atoms with E-state index in [4.69, 9.17) is 4.74 Å². The van der Waals surface area contributed by atoms with Crippen LogP contribution in [0.3, 0.4) is 0 Å². The van der Waals surface area contributed by atoms with Crippen molar-refractivity contribution >= 4 is 17.3 Å². The van der Waals surface area contributed by atoms with Gasteiger partial charge in [-0.25, -0.2) is 4.98 Å². The van der Waals surface area contributed by atoms with Crippen LogP contribution in [-0.4, -0.2) is 22.9 Å². The number of benzene rings is 1. The van der Waals surface area contributed by atoms with Crippen LogP contribution in [0.2, 0.25) is 0 Å². The van der Waals surface area contributed by atoms with Crippen LogP contribution < -0.4 is 4.74 Å². The first-order valence-corrected chi connectivity index (χ1v) is 4.71. The van der Waals surface area contributed by atoms with Crippen molar-refractivity contribution in [1.82, 2.24) is 9.55 Å². The highest BCUT2D eigenvalue weighted by molar-refractivity contribution is 5.78. The Balaban J connectivity index is 2.65. The van der Waals surface area contributed by atoms with Gasteiger partial charge in [-0.1, -0.05) is 0 Å². The van der Waals surface area contributed by atoms with E-state index >= 15 is 0 Å². The number of rotatable bonds is 3. The number of hydrogen-bond donors (Lipinski definition) is 0. The fourth-order valence-corrected chi connectivity index (χ4v) is 1.65. The number of methoxy groups -OCH3 is 1. The van der Waals surface area contributed by atoms with Gasteiger partial charge in [0.25, 0.3) is 0 Å². The predicted molar refractivity (Wildman–Crippen MR) is 57.1 cm³/mol. The van der Waals surface area contributed by atoms with E-state index in [1.165, 1.54) is 0 Å². The van der Waals surface area contributed by atoms with Crippen molar-refractivity contribution in [2.24, 2.45) is 0 Å². The van der Waals surface area contributed by atoms with Crippen LogP contribution in [0.1, 0.15) is 5.82 Å². The molecule has 4 nitrogen and oxygen atoms in total. The number of aryl methyl sites for hydroxylation is 1. The zero-order valence-electron chi connectivity index (χ0n) is 8.73. The summed E-state index contributed by atoms with van der Waals surface area (Å²) in [6.07, 6.45) is 0.869. The molecule has 0 saturated heterocycles. The van der Waals surface area contributed by atoms with E-state index in [9.17, 15) is 4.79 Å². The summed E-state index contributed by atoms with van der Waals surface area (Å²) >= 11 is 0. The molecule has 1 aromatic carbocycles. The molecule has 1 aromatic heterocycles. The maximum absolute atomic E-state index is 10.5. The Labute approximate surface area is 87.5 Å². The van der Waals surface area contributed by atoms with Crippen molar-refractivity contribution in [2.45, 2.75) is 13.5 Å². The lowest BCUT2D eigenvalue weighted by Gasteiger charge is -2.02. The molecule has 0 spiro atoms. The van der Waals surface area contributed by atoms with Crippen molar-refractivity contribution in [3.63, 3.8) is 0 Å². The maximum Gasteiger partial charge on any atom is 0.139 e. The third kappa shape index (κ3) is 1.58. The molecule has 0 fully saturated rings. The average molecular weight is 204 g/mol. The number of ether oxygens (including phenoxy) is 1. The summed E-state index contributed by atoms with van der Waals surface area (Å²) < 4.78 is 7.00. The Hall–Kier alpha value is -1.84. The molecule has 2 aromatic rings. The summed E-state index contributed by atoms with van der Waals surface area (Å²) in [5, 5.41) is 0. The minimum absolute atomic E-state index is 0.329. The topological polar surface area (TPSA) is 44.1 Å². The van der Waals surface area contributed by atoms with Crippen molar-refractivity contribution in [2.75, 3.05) is 7.11 Å². The molecule has 0 atom stereocenters. The van der Waals surface area contributed by atoms with E-state index in [0.717, 1.165) is 28.9 Å². The summed E-state index contributed by atoms with van der Waals surface area (Å²) in [4.78, 5) is 14.9. The summed E-state index contributed by atoms with van der Waals surface area (Å²) in [6, 6.07) is 5.64. The lowest BCUT2D eigenvalue weighted by atomic mass is 10.3. The lowest BCUT2D eigenvalue weighted by Crippen LogP contribution is -2.00. The van der Waals surface area contributed by atoms with Gasteiger partial charge in [0, 0.05) is 6.07 Å². The molecule has 0 aliphatic rings. The first-order valence-electron chi connectivity index (χ1n) is 4.71. The number of aldehydes is 1. The molecular weight excluding hydrogens is 192 g/mol. The SMILES string of the molecule is COc1ccc2nc(C)n(CC=O)c2c1. The number of carbonyl (C=O) groups excluding carboxylic acids is 1. The second-order valence-electron chi connectivity index (χ2n) is 3.29. The first kappa shape index (κ1) is 9.71. The van der Waals surface area contributed by atoms with E-state index < -0.39 is 0 Å². The van der Waals surface area contributed by atoms with Gasteiger partial charge in [-0.15, -0.1) is 0 Å². The molecule has 1 heterocycles. The second-order valence-corrected chi connectivity index (χ2v) is 3.29. The number of carbonyl (C=O) groups is 1. The van der Waals surface area contributed by atoms with Crippen LogP contribution in [0.25, 0.3) is 11.0 Å². The Morgan fingerprint density at radius 3 is 3.00 bits per heavy atom. The molecule has 0 saturated carbocycles. The quantitative estimate of drug-likeness (QED) is 0.712. The van der Waals surface area contributed by atoms with Crippen LogP contribution in [0, 0.1) is 6.92 Å². The highest BCUT2D eigenvalue weighted by Gasteiger charge is 2.07. The fraction of sp³-hybridized carbons (Fsp3) is 0.273. The minimum Gasteiger partial charge on any atom is -0.497 e. The van der Waals surface area contributed by atoms with E-state index in [0.29, 0.717) is 6.54 Å². The molecule has 0 unspecified atom stereocenters. The number of aromatic nitrogens is 2. The highest BCUT2D eigenvalue weighted by atomic mass is 16.5. The van der Waals surface area contributed by atoms with E-state index in [-0.39, 0.29) is 0 Å². The Bertz CT molecular complexity index is 503. The van der Waals surface area contributed by atoms with Crippen molar-refractivity contribution in [1.29, 1.82) is 0 Å². The molecule has 15 heavy (non-hydrogen) atoms. The maximum atomic E-state index is 10.5. The Morgan fingerprint density at radius 2 is 2.33 bits per heavy atom. The number of hydrogen-bond acceptors (Lipinski definition) is 3. The smallest absolute Gasteiger partial charge is 0.139 e. The normalized spacial score (nSPS) is 10.5. The average Bonchev–Trinajstić information content (AvgIpc) is 2.55. The van der Waals surface area contributed by atoms with Crippen molar-refractivity contribution in [3.8, 4) is 5.75 Å². The van der Waals surface area contributed by atoms with E-state index in [2.05, 4.69) is 4.98 Å². The highest BCUT2D eigenvalue weighted by Crippen LogP contribution is 2.21.